The largest absolute Gasteiger partial charge is 0.298 e. The van der Waals surface area contributed by atoms with Gasteiger partial charge in [-0.3, -0.25) is 4.79 Å². The lowest BCUT2D eigenvalue weighted by atomic mass is 10.1. The van der Waals surface area contributed by atoms with E-state index in [2.05, 4.69) is 28.0 Å². The first-order valence-electron chi connectivity index (χ1n) is 8.61. The maximum Gasteiger partial charge on any atom is 0.154 e. The zero-order valence-electron chi connectivity index (χ0n) is 15.0. The minimum absolute atomic E-state index is 0.576. The summed E-state index contributed by atoms with van der Waals surface area (Å²) in [5.41, 5.74) is 6.01. The fourth-order valence-corrected chi connectivity index (χ4v) is 2.80. The summed E-state index contributed by atoms with van der Waals surface area (Å²) in [5.74, 6) is 6.22. The summed E-state index contributed by atoms with van der Waals surface area (Å²) in [6.07, 6.45) is 2.49. The Morgan fingerprint density at radius 1 is 1.04 bits per heavy atom. The van der Waals surface area contributed by atoms with Crippen LogP contribution in [0.25, 0.3) is 16.9 Å². The molecule has 0 aliphatic heterocycles. The number of benzene rings is 2. The van der Waals surface area contributed by atoms with Gasteiger partial charge in [-0.1, -0.05) is 36.3 Å². The third kappa shape index (κ3) is 3.25. The van der Waals surface area contributed by atoms with Crippen LogP contribution in [0.15, 0.2) is 60.8 Å². The molecule has 4 aromatic rings. The summed E-state index contributed by atoms with van der Waals surface area (Å²) in [7, 11) is 0. The van der Waals surface area contributed by atoms with Crippen molar-refractivity contribution in [3.63, 3.8) is 0 Å². The molecule has 0 radical (unpaired) electrons. The van der Waals surface area contributed by atoms with Crippen LogP contribution >= 0.6 is 0 Å². The standard InChI is InChI=1S/C23H14N4O/c1-16-2-3-18(13-24)12-20(16)8-9-21-14-25-23-11-10-22(26-27(21)23)19-6-4-17(15-28)5-7-19/h2-7,10-12,14-15H,1H3. The van der Waals surface area contributed by atoms with Gasteiger partial charge in [0.05, 0.1) is 23.5 Å². The van der Waals surface area contributed by atoms with E-state index in [-0.39, 0.29) is 0 Å². The van der Waals surface area contributed by atoms with Crippen LogP contribution in [0.2, 0.25) is 0 Å². The molecule has 0 spiro atoms. The first kappa shape index (κ1) is 17.2. The number of carbonyl (C=O) groups excluding carboxylic acids is 1. The average molecular weight is 362 g/mol. The Labute approximate surface area is 161 Å². The molecule has 0 amide bonds. The first-order valence-corrected chi connectivity index (χ1v) is 8.61. The number of aldehydes is 1. The van der Waals surface area contributed by atoms with Crippen LogP contribution in [-0.2, 0) is 0 Å². The fourth-order valence-electron chi connectivity index (χ4n) is 2.80. The molecule has 2 aromatic carbocycles. The highest BCUT2D eigenvalue weighted by atomic mass is 16.1. The number of aryl methyl sites for hydroxylation is 1. The van der Waals surface area contributed by atoms with E-state index in [1.54, 1.807) is 35.0 Å². The predicted molar refractivity (Wildman–Crippen MR) is 106 cm³/mol. The molecular weight excluding hydrogens is 348 g/mol. The zero-order valence-corrected chi connectivity index (χ0v) is 15.0. The Hall–Kier alpha value is -4.22. The molecule has 0 aliphatic carbocycles. The molecule has 5 nitrogen and oxygen atoms in total. The Morgan fingerprint density at radius 3 is 2.61 bits per heavy atom. The van der Waals surface area contributed by atoms with Crippen LogP contribution in [-0.4, -0.2) is 20.9 Å². The van der Waals surface area contributed by atoms with Crippen LogP contribution in [0.4, 0.5) is 0 Å². The topological polar surface area (TPSA) is 71.0 Å². The monoisotopic (exact) mass is 362 g/mol. The molecule has 0 atom stereocenters. The smallest absolute Gasteiger partial charge is 0.154 e. The van der Waals surface area contributed by atoms with E-state index in [9.17, 15) is 4.79 Å². The van der Waals surface area contributed by atoms with Gasteiger partial charge in [-0.25, -0.2) is 9.50 Å². The molecular formula is C23H14N4O. The van der Waals surface area contributed by atoms with E-state index in [1.165, 1.54) is 0 Å². The van der Waals surface area contributed by atoms with Gasteiger partial charge in [-0.05, 0) is 42.7 Å². The molecule has 132 valence electrons. The van der Waals surface area contributed by atoms with Crippen LogP contribution in [0.5, 0.6) is 0 Å². The highest BCUT2D eigenvalue weighted by Crippen LogP contribution is 2.18. The van der Waals surface area contributed by atoms with Crippen molar-refractivity contribution in [2.75, 3.05) is 0 Å². The molecule has 4 rings (SSSR count). The van der Waals surface area contributed by atoms with E-state index < -0.39 is 0 Å². The van der Waals surface area contributed by atoms with E-state index in [1.807, 2.05) is 37.3 Å². The van der Waals surface area contributed by atoms with Gasteiger partial charge in [0, 0.05) is 16.7 Å². The van der Waals surface area contributed by atoms with Crippen molar-refractivity contribution in [2.45, 2.75) is 6.92 Å². The Morgan fingerprint density at radius 2 is 1.86 bits per heavy atom. The minimum Gasteiger partial charge on any atom is -0.298 e. The Bertz CT molecular complexity index is 1300. The highest BCUT2D eigenvalue weighted by molar-refractivity contribution is 5.76. The number of imidazole rings is 1. The maximum atomic E-state index is 10.8. The number of hydrogen-bond acceptors (Lipinski definition) is 4. The predicted octanol–water partition coefficient (Wildman–Crippen LogP) is 3.79. The number of aromatic nitrogens is 3. The second-order valence-electron chi connectivity index (χ2n) is 6.26. The third-order valence-electron chi connectivity index (χ3n) is 4.40. The number of rotatable bonds is 2. The van der Waals surface area contributed by atoms with Crippen LogP contribution < -0.4 is 0 Å². The molecule has 0 fully saturated rings. The molecule has 0 bridgehead atoms. The van der Waals surface area contributed by atoms with Crippen molar-refractivity contribution in [3.8, 4) is 29.2 Å². The lowest BCUT2D eigenvalue weighted by Gasteiger charge is -2.02. The lowest BCUT2D eigenvalue weighted by molar-refractivity contribution is 0.112. The van der Waals surface area contributed by atoms with Crippen molar-refractivity contribution in [3.05, 3.63) is 88.7 Å². The number of carbonyl (C=O) groups is 1. The van der Waals surface area contributed by atoms with Crippen LogP contribution in [0, 0.1) is 30.1 Å². The van der Waals surface area contributed by atoms with Gasteiger partial charge in [0.25, 0.3) is 0 Å². The van der Waals surface area contributed by atoms with Crippen LogP contribution in [0.3, 0.4) is 0 Å². The average Bonchev–Trinajstić information content (AvgIpc) is 3.15. The lowest BCUT2D eigenvalue weighted by Crippen LogP contribution is -1.97. The molecule has 2 aromatic heterocycles. The molecule has 0 unspecified atom stereocenters. The molecule has 0 aliphatic rings. The van der Waals surface area contributed by atoms with E-state index in [4.69, 9.17) is 5.26 Å². The summed E-state index contributed by atoms with van der Waals surface area (Å²) >= 11 is 0. The number of fused-ring (bicyclic) bond motifs is 1. The van der Waals surface area contributed by atoms with Crippen molar-refractivity contribution < 1.29 is 4.79 Å². The number of nitrogens with zero attached hydrogens (tertiary/aromatic N) is 4. The summed E-state index contributed by atoms with van der Waals surface area (Å²) in [5, 5.41) is 13.7. The summed E-state index contributed by atoms with van der Waals surface area (Å²) in [6, 6.07) is 18.6. The Kier molecular flexibility index (Phi) is 4.42. The molecule has 0 saturated heterocycles. The van der Waals surface area contributed by atoms with Gasteiger partial charge >= 0.3 is 0 Å². The van der Waals surface area contributed by atoms with Gasteiger partial charge in [0.1, 0.15) is 12.0 Å². The van der Waals surface area contributed by atoms with Gasteiger partial charge in [0.15, 0.2) is 5.65 Å². The van der Waals surface area contributed by atoms with Crippen LogP contribution in [0.1, 0.15) is 32.7 Å². The van der Waals surface area contributed by atoms with E-state index >= 15 is 0 Å². The SMILES string of the molecule is Cc1ccc(C#N)cc1C#Cc1cnc2ccc(-c3ccc(C=O)cc3)nn12. The van der Waals surface area contributed by atoms with Gasteiger partial charge in [-0.2, -0.15) is 10.4 Å². The highest BCUT2D eigenvalue weighted by Gasteiger charge is 2.06. The van der Waals surface area contributed by atoms with E-state index in [0.29, 0.717) is 22.5 Å². The molecule has 0 N–H and O–H groups in total. The van der Waals surface area contributed by atoms with Crippen molar-refractivity contribution in [2.24, 2.45) is 0 Å². The van der Waals surface area contributed by atoms with Crippen molar-refractivity contribution in [1.29, 1.82) is 5.26 Å². The van der Waals surface area contributed by atoms with Gasteiger partial charge in [-0.15, -0.1) is 0 Å². The molecule has 5 heteroatoms. The number of hydrogen-bond donors (Lipinski definition) is 0. The fraction of sp³-hybridized carbons (Fsp3) is 0.0435. The third-order valence-corrected chi connectivity index (χ3v) is 4.40. The zero-order chi connectivity index (χ0) is 19.5. The van der Waals surface area contributed by atoms with Gasteiger partial charge in [0.2, 0.25) is 0 Å². The molecule has 0 saturated carbocycles. The molecule has 2 heterocycles. The maximum absolute atomic E-state index is 10.8. The quantitative estimate of drug-likeness (QED) is 0.402. The van der Waals surface area contributed by atoms with Gasteiger partial charge < -0.3 is 0 Å². The summed E-state index contributed by atoms with van der Waals surface area (Å²) in [6.45, 7) is 1.96. The minimum atomic E-state index is 0.576. The molecule has 28 heavy (non-hydrogen) atoms. The second-order valence-corrected chi connectivity index (χ2v) is 6.26. The normalized spacial score (nSPS) is 10.1. The summed E-state index contributed by atoms with van der Waals surface area (Å²) in [4.78, 5) is 15.2. The first-order chi connectivity index (χ1) is 13.7. The second kappa shape index (κ2) is 7.19. The Balaban J connectivity index is 1.75. The van der Waals surface area contributed by atoms with Crippen molar-refractivity contribution >= 4 is 11.9 Å². The summed E-state index contributed by atoms with van der Waals surface area (Å²) < 4.78 is 1.69. The number of nitriles is 1. The van der Waals surface area contributed by atoms with E-state index in [0.717, 1.165) is 28.7 Å². The van der Waals surface area contributed by atoms with Crippen molar-refractivity contribution in [1.82, 2.24) is 14.6 Å².